The third kappa shape index (κ3) is 2.54. The van der Waals surface area contributed by atoms with Crippen molar-refractivity contribution in [2.45, 2.75) is 76.9 Å². The van der Waals surface area contributed by atoms with Gasteiger partial charge in [-0.1, -0.05) is 0 Å². The average Bonchev–Trinajstić information content (AvgIpc) is 2.89. The van der Waals surface area contributed by atoms with Crippen LogP contribution in [0.5, 0.6) is 0 Å². The second kappa shape index (κ2) is 5.48. The van der Waals surface area contributed by atoms with Gasteiger partial charge in [-0.05, 0) is 83.1 Å². The zero-order valence-electron chi connectivity index (χ0n) is 16.1. The fourth-order valence-electron chi connectivity index (χ4n) is 6.59. The first-order chi connectivity index (χ1) is 12.7. The van der Waals surface area contributed by atoms with Crippen molar-refractivity contribution in [3.05, 3.63) is 23.0 Å². The van der Waals surface area contributed by atoms with Crippen LogP contribution in [0.2, 0.25) is 0 Å². The molecule has 6 rings (SSSR count). The van der Waals surface area contributed by atoms with Crippen LogP contribution >= 0.6 is 0 Å². The maximum atomic E-state index is 14.0. The molecule has 4 fully saturated rings. The summed E-state index contributed by atoms with van der Waals surface area (Å²) in [5, 5.41) is 4.58. The van der Waals surface area contributed by atoms with Gasteiger partial charge in [0, 0.05) is 17.2 Å². The zero-order valence-corrected chi connectivity index (χ0v) is 16.1. The molecule has 0 N–H and O–H groups in total. The van der Waals surface area contributed by atoms with E-state index in [1.807, 2.05) is 13.8 Å². The molecule has 3 nitrogen and oxygen atoms in total. The number of hydrogen-bond acceptors (Lipinski definition) is 2. The number of halogens is 3. The van der Waals surface area contributed by atoms with Crippen LogP contribution in [0.25, 0.3) is 11.0 Å². The Bertz CT molecular complexity index is 874. The highest BCUT2D eigenvalue weighted by atomic mass is 19.4. The van der Waals surface area contributed by atoms with Gasteiger partial charge in [-0.2, -0.15) is 18.3 Å². The molecule has 6 heteroatoms. The summed E-state index contributed by atoms with van der Waals surface area (Å²) >= 11 is 0. The van der Waals surface area contributed by atoms with E-state index in [-0.39, 0.29) is 16.8 Å². The van der Waals surface area contributed by atoms with E-state index in [0.29, 0.717) is 34.8 Å². The van der Waals surface area contributed by atoms with Crippen molar-refractivity contribution in [3.63, 3.8) is 0 Å². The van der Waals surface area contributed by atoms with Crippen LogP contribution in [0.3, 0.4) is 0 Å². The van der Waals surface area contributed by atoms with Crippen LogP contribution in [0.4, 0.5) is 13.2 Å². The molecule has 4 saturated carbocycles. The third-order valence-electron chi connectivity index (χ3n) is 7.21. The number of alkyl halides is 3. The standard InChI is InChI=1S/C21H26F3N3/c1-11(2)27-19-18(12(3)26-27)16(21(22,23)24)7-17(25-19)20-8-13-4-14(9-20)6-15(5-13)10-20/h7,11,13-15H,4-6,8-10H2,1-3H3. The molecule has 0 aromatic carbocycles. The van der Waals surface area contributed by atoms with Crippen LogP contribution < -0.4 is 0 Å². The van der Waals surface area contributed by atoms with Gasteiger partial charge in [0.05, 0.1) is 16.6 Å². The molecule has 0 aliphatic heterocycles. The fraction of sp³-hybridized carbons (Fsp3) is 0.714. The highest BCUT2D eigenvalue weighted by Crippen LogP contribution is 2.60. The molecule has 2 aromatic rings. The monoisotopic (exact) mass is 377 g/mol. The smallest absolute Gasteiger partial charge is 0.244 e. The Kier molecular flexibility index (Phi) is 3.55. The molecule has 4 bridgehead atoms. The Morgan fingerprint density at radius 2 is 1.63 bits per heavy atom. The molecule has 4 aliphatic carbocycles. The first-order valence-electron chi connectivity index (χ1n) is 10.1. The fourth-order valence-corrected chi connectivity index (χ4v) is 6.59. The minimum Gasteiger partial charge on any atom is -0.244 e. The number of hydrogen-bond donors (Lipinski definition) is 0. The van der Waals surface area contributed by atoms with Crippen molar-refractivity contribution in [2.75, 3.05) is 0 Å². The summed E-state index contributed by atoms with van der Waals surface area (Å²) in [6.07, 6.45) is 2.40. The van der Waals surface area contributed by atoms with Crippen molar-refractivity contribution in [2.24, 2.45) is 17.8 Å². The molecular formula is C21H26F3N3. The van der Waals surface area contributed by atoms with Gasteiger partial charge in [0.1, 0.15) is 0 Å². The Morgan fingerprint density at radius 1 is 1.07 bits per heavy atom. The summed E-state index contributed by atoms with van der Waals surface area (Å²) in [5.41, 5.74) is 0.771. The Balaban J connectivity index is 1.75. The number of pyridine rings is 1. The predicted octanol–water partition coefficient (Wildman–Crippen LogP) is 5.81. The minimum absolute atomic E-state index is 0.0265. The summed E-state index contributed by atoms with van der Waals surface area (Å²) < 4.78 is 43.7. The Labute approximate surface area is 157 Å². The van der Waals surface area contributed by atoms with E-state index in [2.05, 4.69) is 5.10 Å². The molecular weight excluding hydrogens is 351 g/mol. The number of aromatic nitrogens is 3. The van der Waals surface area contributed by atoms with Gasteiger partial charge in [-0.3, -0.25) is 0 Å². The van der Waals surface area contributed by atoms with Gasteiger partial charge in [0.15, 0.2) is 5.65 Å². The van der Waals surface area contributed by atoms with Crippen LogP contribution in [-0.4, -0.2) is 14.8 Å². The molecule has 0 spiro atoms. The van der Waals surface area contributed by atoms with Gasteiger partial charge in [-0.25, -0.2) is 9.67 Å². The summed E-state index contributed by atoms with van der Waals surface area (Å²) in [6, 6.07) is 1.34. The number of rotatable bonds is 2. The second-order valence-electron chi connectivity index (χ2n) is 9.57. The molecule has 146 valence electrons. The molecule has 0 atom stereocenters. The van der Waals surface area contributed by atoms with E-state index >= 15 is 0 Å². The number of aryl methyl sites for hydroxylation is 1. The van der Waals surface area contributed by atoms with Crippen LogP contribution in [0.15, 0.2) is 6.07 Å². The van der Waals surface area contributed by atoms with Crippen molar-refractivity contribution in [1.29, 1.82) is 0 Å². The maximum Gasteiger partial charge on any atom is 0.417 e. The summed E-state index contributed by atoms with van der Waals surface area (Å²) in [6.45, 7) is 5.54. The number of fused-ring (bicyclic) bond motifs is 1. The van der Waals surface area contributed by atoms with Gasteiger partial charge in [0.25, 0.3) is 0 Å². The van der Waals surface area contributed by atoms with E-state index in [4.69, 9.17) is 4.98 Å². The van der Waals surface area contributed by atoms with Gasteiger partial charge < -0.3 is 0 Å². The van der Waals surface area contributed by atoms with E-state index in [9.17, 15) is 13.2 Å². The van der Waals surface area contributed by atoms with Gasteiger partial charge in [-0.15, -0.1) is 0 Å². The van der Waals surface area contributed by atoms with E-state index in [1.54, 1.807) is 11.6 Å². The van der Waals surface area contributed by atoms with E-state index < -0.39 is 11.7 Å². The first-order valence-corrected chi connectivity index (χ1v) is 10.1. The SMILES string of the molecule is Cc1nn(C(C)C)c2nc(C34CC5CC(CC(C5)C3)C4)cc(C(F)(F)F)c12. The lowest BCUT2D eigenvalue weighted by Crippen LogP contribution is -2.49. The van der Waals surface area contributed by atoms with Gasteiger partial charge >= 0.3 is 6.18 Å². The van der Waals surface area contributed by atoms with Crippen molar-refractivity contribution < 1.29 is 13.2 Å². The van der Waals surface area contributed by atoms with Crippen molar-refractivity contribution in [3.8, 4) is 0 Å². The molecule has 2 aromatic heterocycles. The highest BCUT2D eigenvalue weighted by molar-refractivity contribution is 5.83. The molecule has 0 saturated heterocycles. The van der Waals surface area contributed by atoms with Crippen molar-refractivity contribution in [1.82, 2.24) is 14.8 Å². The van der Waals surface area contributed by atoms with Crippen LogP contribution in [-0.2, 0) is 11.6 Å². The Hall–Kier alpha value is -1.59. The number of nitrogens with zero attached hydrogens (tertiary/aromatic N) is 3. The average molecular weight is 377 g/mol. The topological polar surface area (TPSA) is 30.7 Å². The first kappa shape index (κ1) is 17.5. The van der Waals surface area contributed by atoms with E-state index in [1.165, 1.54) is 25.3 Å². The van der Waals surface area contributed by atoms with Gasteiger partial charge in [0.2, 0.25) is 0 Å². The second-order valence-corrected chi connectivity index (χ2v) is 9.57. The molecule has 27 heavy (non-hydrogen) atoms. The van der Waals surface area contributed by atoms with Crippen LogP contribution in [0, 0.1) is 24.7 Å². The lowest BCUT2D eigenvalue weighted by atomic mass is 9.48. The molecule has 4 aliphatic rings. The lowest BCUT2D eigenvalue weighted by molar-refractivity contribution is -0.136. The molecule has 0 amide bonds. The molecule has 0 radical (unpaired) electrons. The lowest BCUT2D eigenvalue weighted by Gasteiger charge is -2.56. The molecule has 2 heterocycles. The third-order valence-corrected chi connectivity index (χ3v) is 7.21. The predicted molar refractivity (Wildman–Crippen MR) is 97.5 cm³/mol. The van der Waals surface area contributed by atoms with Crippen LogP contribution in [0.1, 0.15) is 75.4 Å². The maximum absolute atomic E-state index is 14.0. The normalized spacial score (nSPS) is 32.8. The Morgan fingerprint density at radius 3 is 2.11 bits per heavy atom. The van der Waals surface area contributed by atoms with Crippen molar-refractivity contribution >= 4 is 11.0 Å². The zero-order chi connectivity index (χ0) is 19.1. The summed E-state index contributed by atoms with van der Waals surface area (Å²) in [7, 11) is 0. The minimum atomic E-state index is -4.40. The summed E-state index contributed by atoms with van der Waals surface area (Å²) in [5.74, 6) is 2.00. The van der Waals surface area contributed by atoms with E-state index in [0.717, 1.165) is 19.3 Å². The highest BCUT2D eigenvalue weighted by Gasteiger charge is 2.53. The largest absolute Gasteiger partial charge is 0.417 e. The molecule has 0 unspecified atom stereocenters. The summed E-state index contributed by atoms with van der Waals surface area (Å²) in [4.78, 5) is 4.88. The quantitative estimate of drug-likeness (QED) is 0.661.